The number of carboxylic acid groups (broad SMARTS) is 1. The van der Waals surface area contributed by atoms with Crippen LogP contribution in [0.2, 0.25) is 0 Å². The summed E-state index contributed by atoms with van der Waals surface area (Å²) in [6, 6.07) is 3.87. The van der Waals surface area contributed by atoms with E-state index >= 15 is 0 Å². The number of benzene rings is 1. The number of rotatable bonds is 2. The zero-order valence-corrected chi connectivity index (χ0v) is 10.5. The molecule has 1 amide bonds. The number of nitrogens with zero attached hydrogens (tertiary/aromatic N) is 1. The number of carbonyl (C=O) groups excluding carboxylic acids is 1. The zero-order chi connectivity index (χ0) is 13.3. The van der Waals surface area contributed by atoms with Crippen molar-refractivity contribution >= 4 is 23.3 Å². The van der Waals surface area contributed by atoms with Gasteiger partial charge >= 0.3 is 5.97 Å². The summed E-state index contributed by atoms with van der Waals surface area (Å²) in [5.74, 6) is -0.968. The van der Waals surface area contributed by atoms with Gasteiger partial charge in [-0.3, -0.25) is 9.59 Å². The number of aliphatic carboxylic acids is 1. The number of carbonyl (C=O) groups is 2. The zero-order valence-electron chi connectivity index (χ0n) is 10.5. The third kappa shape index (κ3) is 2.45. The van der Waals surface area contributed by atoms with Crippen LogP contribution in [0.1, 0.15) is 17.5 Å². The molecule has 0 saturated heterocycles. The van der Waals surface area contributed by atoms with Crippen molar-refractivity contribution in [2.24, 2.45) is 0 Å². The first kappa shape index (κ1) is 12.4. The molecule has 0 bridgehead atoms. The predicted molar refractivity (Wildman–Crippen MR) is 69.0 cm³/mol. The molecule has 0 atom stereocenters. The van der Waals surface area contributed by atoms with E-state index in [1.165, 1.54) is 0 Å². The first-order chi connectivity index (χ1) is 8.47. The van der Waals surface area contributed by atoms with Crippen LogP contribution in [-0.4, -0.2) is 30.1 Å². The van der Waals surface area contributed by atoms with Gasteiger partial charge in [0.15, 0.2) is 0 Å². The minimum absolute atomic E-state index is 0.0749. The van der Waals surface area contributed by atoms with Crippen LogP contribution in [0.5, 0.6) is 0 Å². The Bertz CT molecular complexity index is 511. The number of amides is 1. The van der Waals surface area contributed by atoms with Crippen LogP contribution in [-0.2, 0) is 9.59 Å². The van der Waals surface area contributed by atoms with Gasteiger partial charge < -0.3 is 15.3 Å². The van der Waals surface area contributed by atoms with Crippen LogP contribution in [0.3, 0.4) is 0 Å². The fourth-order valence-corrected chi connectivity index (χ4v) is 2.36. The first-order valence-electron chi connectivity index (χ1n) is 5.85. The van der Waals surface area contributed by atoms with Gasteiger partial charge in [-0.05, 0) is 31.0 Å². The van der Waals surface area contributed by atoms with Crippen molar-refractivity contribution < 1.29 is 14.7 Å². The number of fused-ring (bicyclic) bond motifs is 1. The molecule has 1 aromatic rings. The van der Waals surface area contributed by atoms with E-state index in [2.05, 4.69) is 5.32 Å². The second-order valence-electron chi connectivity index (χ2n) is 4.59. The molecule has 1 heterocycles. The minimum atomic E-state index is -0.893. The highest BCUT2D eigenvalue weighted by molar-refractivity contribution is 5.97. The summed E-state index contributed by atoms with van der Waals surface area (Å²) in [5.41, 5.74) is 3.54. The molecule has 0 saturated carbocycles. The topological polar surface area (TPSA) is 69.6 Å². The Kier molecular flexibility index (Phi) is 3.23. The lowest BCUT2D eigenvalue weighted by atomic mass is 10.1. The van der Waals surface area contributed by atoms with Gasteiger partial charge in [0.1, 0.15) is 6.54 Å². The Labute approximate surface area is 105 Å². The van der Waals surface area contributed by atoms with Gasteiger partial charge in [0.05, 0.1) is 11.4 Å². The quantitative estimate of drug-likeness (QED) is 0.833. The highest BCUT2D eigenvalue weighted by Gasteiger charge is 2.22. The molecular weight excluding hydrogens is 232 g/mol. The van der Waals surface area contributed by atoms with Gasteiger partial charge in [0.25, 0.3) is 0 Å². The molecule has 18 heavy (non-hydrogen) atoms. The van der Waals surface area contributed by atoms with Crippen molar-refractivity contribution in [1.29, 1.82) is 0 Å². The van der Waals surface area contributed by atoms with Gasteiger partial charge in [-0.2, -0.15) is 0 Å². The van der Waals surface area contributed by atoms with Crippen molar-refractivity contribution in [2.45, 2.75) is 20.3 Å². The molecule has 96 valence electrons. The standard InChI is InChI=1S/C13H16N2O3/c1-8-5-9(2)13-10(6-8)14-11(16)3-4-15(13)7-12(17)18/h5-6H,3-4,7H2,1-2H3,(H,14,16)(H,17,18). The average molecular weight is 248 g/mol. The summed E-state index contributed by atoms with van der Waals surface area (Å²) < 4.78 is 0. The Morgan fingerprint density at radius 2 is 2.17 bits per heavy atom. The van der Waals surface area contributed by atoms with E-state index in [-0.39, 0.29) is 12.5 Å². The van der Waals surface area contributed by atoms with Crippen LogP contribution in [0.4, 0.5) is 11.4 Å². The van der Waals surface area contributed by atoms with Crippen molar-refractivity contribution in [3.8, 4) is 0 Å². The van der Waals surface area contributed by atoms with Crippen LogP contribution in [0.25, 0.3) is 0 Å². The molecule has 1 aliphatic rings. The summed E-state index contributed by atoms with van der Waals surface area (Å²) >= 11 is 0. The fourth-order valence-electron chi connectivity index (χ4n) is 2.36. The van der Waals surface area contributed by atoms with Gasteiger partial charge in [-0.15, -0.1) is 0 Å². The summed E-state index contributed by atoms with van der Waals surface area (Å²) in [5, 5.41) is 11.8. The van der Waals surface area contributed by atoms with Crippen molar-refractivity contribution in [3.63, 3.8) is 0 Å². The number of hydrogen-bond donors (Lipinski definition) is 2. The van der Waals surface area contributed by atoms with E-state index in [4.69, 9.17) is 5.11 Å². The molecule has 0 aromatic heterocycles. The Balaban J connectivity index is 2.49. The molecule has 0 spiro atoms. The van der Waals surface area contributed by atoms with Crippen molar-refractivity contribution in [1.82, 2.24) is 0 Å². The maximum Gasteiger partial charge on any atom is 0.323 e. The fraction of sp³-hybridized carbons (Fsp3) is 0.385. The number of hydrogen-bond acceptors (Lipinski definition) is 3. The molecule has 5 nitrogen and oxygen atoms in total. The molecule has 0 unspecified atom stereocenters. The van der Waals surface area contributed by atoms with E-state index in [0.717, 1.165) is 16.8 Å². The molecule has 1 aromatic carbocycles. The lowest BCUT2D eigenvalue weighted by Gasteiger charge is -2.24. The van der Waals surface area contributed by atoms with Crippen LogP contribution in [0, 0.1) is 13.8 Å². The summed E-state index contributed by atoms with van der Waals surface area (Å²) in [6.07, 6.45) is 0.306. The molecule has 1 aliphatic heterocycles. The minimum Gasteiger partial charge on any atom is -0.480 e. The summed E-state index contributed by atoms with van der Waals surface area (Å²) in [4.78, 5) is 24.3. The van der Waals surface area contributed by atoms with E-state index in [0.29, 0.717) is 18.7 Å². The second-order valence-corrected chi connectivity index (χ2v) is 4.59. The van der Waals surface area contributed by atoms with Gasteiger partial charge in [-0.1, -0.05) is 6.07 Å². The Hall–Kier alpha value is -2.04. The Morgan fingerprint density at radius 1 is 1.44 bits per heavy atom. The van der Waals surface area contributed by atoms with Crippen LogP contribution < -0.4 is 10.2 Å². The number of aryl methyl sites for hydroxylation is 2. The third-order valence-corrected chi connectivity index (χ3v) is 2.97. The normalized spacial score (nSPS) is 14.8. The number of carboxylic acids is 1. The van der Waals surface area contributed by atoms with E-state index < -0.39 is 5.97 Å². The van der Waals surface area contributed by atoms with Crippen LogP contribution in [0.15, 0.2) is 12.1 Å². The maximum absolute atomic E-state index is 11.6. The smallest absolute Gasteiger partial charge is 0.323 e. The van der Waals surface area contributed by atoms with E-state index in [9.17, 15) is 9.59 Å². The summed E-state index contributed by atoms with van der Waals surface area (Å²) in [7, 11) is 0. The molecule has 2 rings (SSSR count). The van der Waals surface area contributed by atoms with E-state index in [1.807, 2.05) is 26.0 Å². The lowest BCUT2D eigenvalue weighted by Crippen LogP contribution is -2.31. The SMILES string of the molecule is Cc1cc(C)c2c(c1)NC(=O)CCN2CC(=O)O. The number of anilines is 2. The maximum atomic E-state index is 11.6. The highest BCUT2D eigenvalue weighted by atomic mass is 16.4. The molecule has 2 N–H and O–H groups in total. The van der Waals surface area contributed by atoms with Crippen LogP contribution >= 0.6 is 0 Å². The highest BCUT2D eigenvalue weighted by Crippen LogP contribution is 2.33. The van der Waals surface area contributed by atoms with Gasteiger partial charge in [-0.25, -0.2) is 0 Å². The van der Waals surface area contributed by atoms with Gasteiger partial charge in [0.2, 0.25) is 5.91 Å². The van der Waals surface area contributed by atoms with Gasteiger partial charge in [0, 0.05) is 13.0 Å². The molecule has 0 fully saturated rings. The van der Waals surface area contributed by atoms with Crippen molar-refractivity contribution in [3.05, 3.63) is 23.3 Å². The number of nitrogens with one attached hydrogen (secondary N) is 1. The average Bonchev–Trinajstić information content (AvgIpc) is 2.37. The van der Waals surface area contributed by atoms with E-state index in [1.54, 1.807) is 4.90 Å². The van der Waals surface area contributed by atoms with Crippen molar-refractivity contribution in [2.75, 3.05) is 23.3 Å². The first-order valence-corrected chi connectivity index (χ1v) is 5.85. The predicted octanol–water partition coefficient (Wildman–Crippen LogP) is 1.54. The molecule has 0 aliphatic carbocycles. The molecular formula is C13H16N2O3. The largest absolute Gasteiger partial charge is 0.480 e. The monoisotopic (exact) mass is 248 g/mol. The Morgan fingerprint density at radius 3 is 2.83 bits per heavy atom. The molecule has 0 radical (unpaired) electrons. The second kappa shape index (κ2) is 4.68. The summed E-state index contributed by atoms with van der Waals surface area (Å²) in [6.45, 7) is 4.21. The lowest BCUT2D eigenvalue weighted by molar-refractivity contribution is -0.135. The molecule has 5 heteroatoms. The third-order valence-electron chi connectivity index (χ3n) is 2.97.